The number of nitrogens with one attached hydrogen (secondary N) is 2. The molecule has 0 radical (unpaired) electrons. The lowest BCUT2D eigenvalue weighted by Gasteiger charge is -2.13. The van der Waals surface area contributed by atoms with Gasteiger partial charge in [0.2, 0.25) is 5.95 Å². The molecular weight excluding hydrogens is 454 g/mol. The summed E-state index contributed by atoms with van der Waals surface area (Å²) in [6.45, 7) is 4.87. The van der Waals surface area contributed by atoms with E-state index in [0.29, 0.717) is 30.3 Å². The Bertz CT molecular complexity index is 1470. The third-order valence-corrected chi connectivity index (χ3v) is 5.37. The van der Waals surface area contributed by atoms with Crippen LogP contribution >= 0.6 is 0 Å². The predicted molar refractivity (Wildman–Crippen MR) is 139 cm³/mol. The lowest BCUT2D eigenvalue weighted by molar-refractivity contribution is 0.269. The number of rotatable bonds is 9. The van der Waals surface area contributed by atoms with Crippen LogP contribution < -0.4 is 20.5 Å². The van der Waals surface area contributed by atoms with Crippen LogP contribution in [0, 0.1) is 18.3 Å². The van der Waals surface area contributed by atoms with Crippen LogP contribution in [0.25, 0.3) is 11.3 Å². The zero-order valence-corrected chi connectivity index (χ0v) is 20.0. The van der Waals surface area contributed by atoms with Crippen molar-refractivity contribution in [3.63, 3.8) is 0 Å². The Morgan fingerprint density at radius 1 is 1.06 bits per heavy atom. The van der Waals surface area contributed by atoms with E-state index in [0.717, 1.165) is 16.7 Å². The summed E-state index contributed by atoms with van der Waals surface area (Å²) in [4.78, 5) is 19.3. The van der Waals surface area contributed by atoms with E-state index in [1.807, 2.05) is 80.6 Å². The van der Waals surface area contributed by atoms with Gasteiger partial charge < -0.3 is 9.47 Å². The highest BCUT2D eigenvalue weighted by Gasteiger charge is 2.13. The van der Waals surface area contributed by atoms with Gasteiger partial charge in [-0.1, -0.05) is 54.6 Å². The van der Waals surface area contributed by atoms with E-state index in [1.54, 1.807) is 18.3 Å². The van der Waals surface area contributed by atoms with Crippen molar-refractivity contribution in [3.8, 4) is 28.8 Å². The minimum atomic E-state index is -0.544. The van der Waals surface area contributed by atoms with Crippen LogP contribution in [0.5, 0.6) is 11.5 Å². The number of ether oxygens (including phenoxy) is 2. The molecule has 0 unspecified atom stereocenters. The van der Waals surface area contributed by atoms with Crippen molar-refractivity contribution in [3.05, 3.63) is 105 Å². The molecule has 4 rings (SSSR count). The molecule has 2 N–H and O–H groups in total. The molecule has 4 aromatic rings. The maximum Gasteiger partial charge on any atom is 0.270 e. The number of hydrogen-bond acceptors (Lipinski definition) is 7. The van der Waals surface area contributed by atoms with Gasteiger partial charge in [0.25, 0.3) is 5.56 Å². The van der Waals surface area contributed by atoms with E-state index in [9.17, 15) is 10.1 Å². The van der Waals surface area contributed by atoms with E-state index in [4.69, 9.17) is 9.47 Å². The number of H-pyrrole nitrogens is 1. The molecule has 0 spiro atoms. The van der Waals surface area contributed by atoms with Crippen molar-refractivity contribution in [1.29, 1.82) is 5.26 Å². The molecular formula is C28H25N5O3. The van der Waals surface area contributed by atoms with Crippen LogP contribution in [0.4, 0.5) is 5.95 Å². The largest absolute Gasteiger partial charge is 0.490 e. The molecule has 0 bridgehead atoms. The number of aromatic amines is 1. The third-order valence-electron chi connectivity index (χ3n) is 5.37. The fraction of sp³-hybridized carbons (Fsp3) is 0.143. The van der Waals surface area contributed by atoms with Crippen molar-refractivity contribution in [2.45, 2.75) is 20.5 Å². The molecule has 1 aromatic heterocycles. The highest BCUT2D eigenvalue weighted by atomic mass is 16.5. The van der Waals surface area contributed by atoms with E-state index < -0.39 is 5.56 Å². The average molecular weight is 480 g/mol. The maximum atomic E-state index is 12.4. The molecule has 0 fully saturated rings. The van der Waals surface area contributed by atoms with Gasteiger partial charge in [0.15, 0.2) is 11.5 Å². The normalized spacial score (nSPS) is 10.7. The molecule has 8 heteroatoms. The van der Waals surface area contributed by atoms with Crippen molar-refractivity contribution < 1.29 is 9.47 Å². The van der Waals surface area contributed by atoms with Crippen LogP contribution in [0.2, 0.25) is 0 Å². The molecule has 36 heavy (non-hydrogen) atoms. The Morgan fingerprint density at radius 2 is 1.83 bits per heavy atom. The fourth-order valence-corrected chi connectivity index (χ4v) is 3.52. The monoisotopic (exact) mass is 479 g/mol. The highest BCUT2D eigenvalue weighted by Crippen LogP contribution is 2.29. The summed E-state index contributed by atoms with van der Waals surface area (Å²) in [5.74, 6) is 1.36. The molecule has 0 aliphatic heterocycles. The van der Waals surface area contributed by atoms with Crippen LogP contribution in [-0.4, -0.2) is 22.8 Å². The number of aryl methyl sites for hydroxylation is 1. The van der Waals surface area contributed by atoms with Crippen molar-refractivity contribution in [1.82, 2.24) is 9.97 Å². The smallest absolute Gasteiger partial charge is 0.270 e. The topological polar surface area (TPSA) is 112 Å². The van der Waals surface area contributed by atoms with Gasteiger partial charge in [-0.15, -0.1) is 0 Å². The predicted octanol–water partition coefficient (Wildman–Crippen LogP) is 5.04. The quantitative estimate of drug-likeness (QED) is 0.257. The Morgan fingerprint density at radius 3 is 2.58 bits per heavy atom. The van der Waals surface area contributed by atoms with Gasteiger partial charge in [-0.3, -0.25) is 9.78 Å². The second-order valence-electron chi connectivity index (χ2n) is 7.84. The summed E-state index contributed by atoms with van der Waals surface area (Å²) >= 11 is 0. The average Bonchev–Trinajstić information content (AvgIpc) is 2.89. The lowest BCUT2D eigenvalue weighted by atomic mass is 10.1. The van der Waals surface area contributed by atoms with Gasteiger partial charge >= 0.3 is 0 Å². The number of anilines is 1. The molecule has 0 aliphatic carbocycles. The highest BCUT2D eigenvalue weighted by molar-refractivity contribution is 5.81. The lowest BCUT2D eigenvalue weighted by Crippen LogP contribution is -2.16. The molecule has 0 saturated heterocycles. The number of hydrazone groups is 1. The Hall–Kier alpha value is -4.90. The second-order valence-corrected chi connectivity index (χ2v) is 7.84. The first-order valence-electron chi connectivity index (χ1n) is 11.4. The number of hydrogen-bond donors (Lipinski definition) is 2. The molecule has 180 valence electrons. The van der Waals surface area contributed by atoms with Crippen LogP contribution in [0.3, 0.4) is 0 Å². The van der Waals surface area contributed by atoms with Crippen molar-refractivity contribution >= 4 is 12.2 Å². The first-order valence-corrected chi connectivity index (χ1v) is 11.4. The summed E-state index contributed by atoms with van der Waals surface area (Å²) < 4.78 is 11.8. The number of benzene rings is 3. The number of aromatic nitrogens is 2. The summed E-state index contributed by atoms with van der Waals surface area (Å²) in [5.41, 5.74) is 6.11. The van der Waals surface area contributed by atoms with Crippen LogP contribution in [-0.2, 0) is 6.61 Å². The SMILES string of the molecule is CCOc1cc(C=NNc2nc(-c3ccccc3)c(C#N)c(=O)[nH]2)ccc1OCc1ccccc1C. The minimum Gasteiger partial charge on any atom is -0.490 e. The van der Waals surface area contributed by atoms with Gasteiger partial charge in [-0.25, -0.2) is 10.4 Å². The Labute approximate surface area is 208 Å². The molecule has 0 aliphatic rings. The zero-order chi connectivity index (χ0) is 25.3. The fourth-order valence-electron chi connectivity index (χ4n) is 3.52. The summed E-state index contributed by atoms with van der Waals surface area (Å²) in [6, 6.07) is 24.5. The molecule has 0 saturated carbocycles. The molecule has 0 atom stereocenters. The van der Waals surface area contributed by atoms with Crippen molar-refractivity contribution in [2.75, 3.05) is 12.0 Å². The first-order chi connectivity index (χ1) is 17.6. The van der Waals surface area contributed by atoms with Gasteiger partial charge in [0.1, 0.15) is 18.2 Å². The minimum absolute atomic E-state index is 0.0571. The maximum absolute atomic E-state index is 12.4. The molecule has 1 heterocycles. The standard InChI is InChI=1S/C28H25N5O3/c1-3-35-25-15-20(13-14-24(25)36-18-22-12-8-7-9-19(22)2)17-30-33-28-31-26(21-10-5-4-6-11-21)23(16-29)27(34)32-28/h4-15,17H,3,18H2,1-2H3,(H2,31,32,33,34). The first kappa shape index (κ1) is 24.2. The van der Waals surface area contributed by atoms with E-state index in [1.165, 1.54) is 0 Å². The third kappa shape index (κ3) is 5.77. The summed E-state index contributed by atoms with van der Waals surface area (Å²) in [5, 5.41) is 13.6. The van der Waals surface area contributed by atoms with E-state index in [-0.39, 0.29) is 17.2 Å². The molecule has 3 aromatic carbocycles. The Kier molecular flexibility index (Phi) is 7.73. The summed E-state index contributed by atoms with van der Waals surface area (Å²) in [6.07, 6.45) is 1.58. The van der Waals surface area contributed by atoms with Crippen molar-refractivity contribution in [2.24, 2.45) is 5.10 Å². The van der Waals surface area contributed by atoms with Gasteiger partial charge in [0, 0.05) is 5.56 Å². The van der Waals surface area contributed by atoms with E-state index in [2.05, 4.69) is 20.5 Å². The van der Waals surface area contributed by atoms with Crippen LogP contribution in [0.1, 0.15) is 29.2 Å². The van der Waals surface area contributed by atoms with Crippen LogP contribution in [0.15, 0.2) is 82.7 Å². The van der Waals surface area contributed by atoms with Gasteiger partial charge in [0.05, 0.1) is 18.5 Å². The van der Waals surface area contributed by atoms with E-state index >= 15 is 0 Å². The second kappa shape index (κ2) is 11.5. The Balaban J connectivity index is 1.51. The number of nitriles is 1. The number of nitrogens with zero attached hydrogens (tertiary/aromatic N) is 3. The molecule has 8 nitrogen and oxygen atoms in total. The summed E-state index contributed by atoms with van der Waals surface area (Å²) in [7, 11) is 0. The van der Waals surface area contributed by atoms with Gasteiger partial charge in [-0.05, 0) is 48.7 Å². The van der Waals surface area contributed by atoms with Gasteiger partial charge in [-0.2, -0.15) is 10.4 Å². The molecule has 0 amide bonds. The zero-order valence-electron chi connectivity index (χ0n) is 20.0.